The van der Waals surface area contributed by atoms with Crippen LogP contribution < -0.4 is 0 Å². The Hall–Kier alpha value is -0.370. The lowest BCUT2D eigenvalue weighted by Crippen LogP contribution is -1.87. The van der Waals surface area contributed by atoms with Crippen LogP contribution in [0.1, 0.15) is 22.9 Å². The molecule has 0 fully saturated rings. The van der Waals surface area contributed by atoms with Gasteiger partial charge in [-0.3, -0.25) is 0 Å². The van der Waals surface area contributed by atoms with Gasteiger partial charge in [0.1, 0.15) is 5.82 Å². The lowest BCUT2D eigenvalue weighted by atomic mass is 10.1. The molecule has 0 aliphatic heterocycles. The molecule has 0 spiro atoms. The first kappa shape index (κ1) is 8.72. The minimum absolute atomic E-state index is 0.137. The highest BCUT2D eigenvalue weighted by molar-refractivity contribution is 9.09. The Bertz CT molecular complexity index is 256. The lowest BCUT2D eigenvalue weighted by molar-refractivity contribution is 0.617. The van der Waals surface area contributed by atoms with Gasteiger partial charge in [-0.25, -0.2) is 4.39 Å². The maximum Gasteiger partial charge on any atom is 0.126 e. The molecule has 0 radical (unpaired) electrons. The Morgan fingerprint density at radius 2 is 2.09 bits per heavy atom. The number of aryl methyl sites for hydroxylation is 1. The molecule has 0 heterocycles. The number of benzene rings is 1. The van der Waals surface area contributed by atoms with Gasteiger partial charge in [-0.15, -0.1) is 0 Å². The van der Waals surface area contributed by atoms with Crippen LogP contribution in [-0.4, -0.2) is 0 Å². The van der Waals surface area contributed by atoms with Crippen LogP contribution in [0.4, 0.5) is 4.39 Å². The fourth-order valence-electron chi connectivity index (χ4n) is 0.915. The monoisotopic (exact) mass is 216 g/mol. The maximum atomic E-state index is 12.7. The second-order valence-corrected chi connectivity index (χ2v) is 4.00. The predicted molar refractivity (Wildman–Crippen MR) is 48.5 cm³/mol. The molecule has 0 amide bonds. The van der Waals surface area contributed by atoms with Gasteiger partial charge in [0.25, 0.3) is 0 Å². The normalized spacial score (nSPS) is 13.1. The fourth-order valence-corrected chi connectivity index (χ4v) is 1.20. The fraction of sp³-hybridized carbons (Fsp3) is 0.333. The van der Waals surface area contributed by atoms with E-state index >= 15 is 0 Å². The smallest absolute Gasteiger partial charge is 0.126 e. The van der Waals surface area contributed by atoms with E-state index < -0.39 is 0 Å². The Morgan fingerprint density at radius 1 is 1.45 bits per heavy atom. The van der Waals surface area contributed by atoms with E-state index in [1.165, 1.54) is 6.07 Å². The van der Waals surface area contributed by atoms with E-state index in [9.17, 15) is 4.39 Å². The van der Waals surface area contributed by atoms with Crippen molar-refractivity contribution in [2.45, 2.75) is 18.7 Å². The number of hydrogen-bond donors (Lipinski definition) is 0. The van der Waals surface area contributed by atoms with Crippen LogP contribution in [0.25, 0.3) is 0 Å². The number of alkyl halides is 1. The second-order valence-electron chi connectivity index (χ2n) is 2.62. The van der Waals surface area contributed by atoms with Crippen molar-refractivity contribution in [1.82, 2.24) is 0 Å². The summed E-state index contributed by atoms with van der Waals surface area (Å²) >= 11 is 3.42. The molecule has 11 heavy (non-hydrogen) atoms. The number of hydrogen-bond acceptors (Lipinski definition) is 0. The molecule has 1 unspecified atom stereocenters. The molecule has 1 rings (SSSR count). The van der Waals surface area contributed by atoms with E-state index in [2.05, 4.69) is 15.9 Å². The zero-order valence-corrected chi connectivity index (χ0v) is 8.15. The highest BCUT2D eigenvalue weighted by Gasteiger charge is 2.02. The topological polar surface area (TPSA) is 0 Å². The highest BCUT2D eigenvalue weighted by atomic mass is 79.9. The molecule has 0 N–H and O–H groups in total. The molecule has 1 aromatic carbocycles. The zero-order valence-electron chi connectivity index (χ0n) is 6.57. The van der Waals surface area contributed by atoms with E-state index in [0.717, 1.165) is 5.56 Å². The molecule has 0 aromatic heterocycles. The molecule has 0 nitrogen and oxygen atoms in total. The van der Waals surface area contributed by atoms with Gasteiger partial charge in [0.05, 0.1) is 0 Å². The lowest BCUT2D eigenvalue weighted by Gasteiger charge is -2.04. The average molecular weight is 217 g/mol. The highest BCUT2D eigenvalue weighted by Crippen LogP contribution is 2.22. The van der Waals surface area contributed by atoms with Crippen molar-refractivity contribution in [2.75, 3.05) is 0 Å². The predicted octanol–water partition coefficient (Wildman–Crippen LogP) is 3.59. The second kappa shape index (κ2) is 3.35. The summed E-state index contributed by atoms with van der Waals surface area (Å²) in [5, 5.41) is 0. The largest absolute Gasteiger partial charge is 0.207 e. The SMILES string of the molecule is Cc1cc(C(C)Br)ccc1F. The Morgan fingerprint density at radius 3 is 2.55 bits per heavy atom. The van der Waals surface area contributed by atoms with E-state index in [1.54, 1.807) is 13.0 Å². The summed E-state index contributed by atoms with van der Waals surface area (Å²) in [5.41, 5.74) is 1.82. The van der Waals surface area contributed by atoms with Gasteiger partial charge in [0.15, 0.2) is 0 Å². The van der Waals surface area contributed by atoms with Gasteiger partial charge in [-0.2, -0.15) is 0 Å². The summed E-state index contributed by atoms with van der Waals surface area (Å²) in [6.07, 6.45) is 0. The summed E-state index contributed by atoms with van der Waals surface area (Å²) in [5.74, 6) is -0.137. The summed E-state index contributed by atoms with van der Waals surface area (Å²) in [7, 11) is 0. The van der Waals surface area contributed by atoms with Crippen LogP contribution in [0, 0.1) is 12.7 Å². The van der Waals surface area contributed by atoms with Crippen molar-refractivity contribution in [3.63, 3.8) is 0 Å². The molecule has 60 valence electrons. The minimum atomic E-state index is -0.137. The summed E-state index contributed by atoms with van der Waals surface area (Å²) in [6, 6.07) is 5.15. The molecule has 0 aliphatic carbocycles. The van der Waals surface area contributed by atoms with E-state index in [0.29, 0.717) is 10.4 Å². The quantitative estimate of drug-likeness (QED) is 0.630. The molecular weight excluding hydrogens is 207 g/mol. The minimum Gasteiger partial charge on any atom is -0.207 e. The van der Waals surface area contributed by atoms with Gasteiger partial charge < -0.3 is 0 Å². The van der Waals surface area contributed by atoms with Gasteiger partial charge >= 0.3 is 0 Å². The molecule has 1 aromatic rings. The van der Waals surface area contributed by atoms with Crippen molar-refractivity contribution < 1.29 is 4.39 Å². The third kappa shape index (κ3) is 2.03. The summed E-state index contributed by atoms with van der Waals surface area (Å²) in [6.45, 7) is 3.79. The van der Waals surface area contributed by atoms with Crippen LogP contribution in [0.2, 0.25) is 0 Å². The zero-order chi connectivity index (χ0) is 8.43. The van der Waals surface area contributed by atoms with Crippen LogP contribution >= 0.6 is 15.9 Å². The maximum absolute atomic E-state index is 12.7. The number of halogens is 2. The van der Waals surface area contributed by atoms with E-state index in [4.69, 9.17) is 0 Å². The first-order valence-electron chi connectivity index (χ1n) is 3.51. The molecule has 2 heteroatoms. The summed E-state index contributed by atoms with van der Waals surface area (Å²) in [4.78, 5) is 0.293. The van der Waals surface area contributed by atoms with Gasteiger partial charge in [0.2, 0.25) is 0 Å². The first-order chi connectivity index (χ1) is 5.11. The molecule has 0 bridgehead atoms. The van der Waals surface area contributed by atoms with Crippen LogP contribution in [0.3, 0.4) is 0 Å². The third-order valence-electron chi connectivity index (χ3n) is 1.64. The van der Waals surface area contributed by atoms with Crippen LogP contribution in [-0.2, 0) is 0 Å². The first-order valence-corrected chi connectivity index (χ1v) is 4.43. The van der Waals surface area contributed by atoms with Crippen LogP contribution in [0.15, 0.2) is 18.2 Å². The number of rotatable bonds is 1. The van der Waals surface area contributed by atoms with E-state index in [1.807, 2.05) is 13.0 Å². The van der Waals surface area contributed by atoms with Gasteiger partial charge in [-0.1, -0.05) is 28.1 Å². The molecule has 0 aliphatic rings. The van der Waals surface area contributed by atoms with E-state index in [-0.39, 0.29) is 5.82 Å². The Kier molecular flexibility index (Phi) is 2.66. The average Bonchev–Trinajstić information content (AvgIpc) is 1.94. The third-order valence-corrected chi connectivity index (χ3v) is 2.17. The van der Waals surface area contributed by atoms with Crippen molar-refractivity contribution in [3.05, 3.63) is 35.1 Å². The molecular formula is C9H10BrF. The van der Waals surface area contributed by atoms with Crippen molar-refractivity contribution in [1.29, 1.82) is 0 Å². The van der Waals surface area contributed by atoms with Crippen molar-refractivity contribution >= 4 is 15.9 Å². The standard InChI is InChI=1S/C9H10BrF/c1-6-5-8(7(2)10)3-4-9(6)11/h3-5,7H,1-2H3. The molecule has 0 saturated heterocycles. The van der Waals surface area contributed by atoms with Crippen LogP contribution in [0.5, 0.6) is 0 Å². The Labute approximate surface area is 74.6 Å². The van der Waals surface area contributed by atoms with Crippen molar-refractivity contribution in [2.24, 2.45) is 0 Å². The van der Waals surface area contributed by atoms with Gasteiger partial charge in [0, 0.05) is 4.83 Å². The summed E-state index contributed by atoms with van der Waals surface area (Å²) < 4.78 is 12.7. The molecule has 1 atom stereocenters. The Balaban J connectivity index is 3.05. The van der Waals surface area contributed by atoms with Crippen molar-refractivity contribution in [3.8, 4) is 0 Å². The van der Waals surface area contributed by atoms with Gasteiger partial charge in [-0.05, 0) is 31.0 Å². The molecule has 0 saturated carbocycles.